The number of unbranched alkanes of at least 4 members (excludes halogenated alkanes) is 1. The highest BCUT2D eigenvalue weighted by Gasteiger charge is 2.20. The molecule has 0 bridgehead atoms. The van der Waals surface area contributed by atoms with Crippen LogP contribution in [0.1, 0.15) is 35.7 Å². The highest BCUT2D eigenvalue weighted by molar-refractivity contribution is 5.97. The van der Waals surface area contributed by atoms with E-state index >= 15 is 0 Å². The Hall–Kier alpha value is -3.19. The van der Waals surface area contributed by atoms with Crippen molar-refractivity contribution in [2.75, 3.05) is 27.4 Å². The van der Waals surface area contributed by atoms with Crippen molar-refractivity contribution in [2.45, 2.75) is 26.2 Å². The van der Waals surface area contributed by atoms with Crippen molar-refractivity contribution >= 4 is 5.91 Å². The van der Waals surface area contributed by atoms with Crippen LogP contribution in [0.15, 0.2) is 48.5 Å². The molecule has 0 N–H and O–H groups in total. The summed E-state index contributed by atoms with van der Waals surface area (Å²) >= 11 is 0. The lowest BCUT2D eigenvalue weighted by molar-refractivity contribution is 0.0943. The van der Waals surface area contributed by atoms with Crippen LogP contribution in [0, 0.1) is 0 Å². The number of nitrogens with zero attached hydrogens (tertiary/aromatic N) is 3. The fourth-order valence-corrected chi connectivity index (χ4v) is 2.96. The first-order valence-electron chi connectivity index (χ1n) is 10.0. The second-order valence-corrected chi connectivity index (χ2v) is 6.81. The van der Waals surface area contributed by atoms with Crippen molar-refractivity contribution < 1.29 is 19.0 Å². The van der Waals surface area contributed by atoms with Crippen molar-refractivity contribution in [3.05, 3.63) is 59.7 Å². The molecular formula is C23H27N3O4. The highest BCUT2D eigenvalue weighted by Crippen LogP contribution is 2.24. The van der Waals surface area contributed by atoms with E-state index in [1.807, 2.05) is 48.5 Å². The predicted molar refractivity (Wildman–Crippen MR) is 114 cm³/mol. The van der Waals surface area contributed by atoms with E-state index in [-0.39, 0.29) is 11.9 Å². The largest absolute Gasteiger partial charge is 0.497 e. The molecule has 0 unspecified atom stereocenters. The standard InChI is InChI=1S/C23H27N3O4/c1-4-5-6-17-7-9-19(10-8-17)22(27)26-21(18-11-13-20(29-3)14-12-18)24-23(25-26)30-16-15-28-2/h7-14H,4-6,15-16H2,1-3H3. The van der Waals surface area contributed by atoms with Gasteiger partial charge >= 0.3 is 6.01 Å². The summed E-state index contributed by atoms with van der Waals surface area (Å²) in [6, 6.07) is 15.1. The molecule has 0 fully saturated rings. The first-order chi connectivity index (χ1) is 14.7. The van der Waals surface area contributed by atoms with Gasteiger partial charge in [0.1, 0.15) is 12.4 Å². The van der Waals surface area contributed by atoms with Gasteiger partial charge in [0, 0.05) is 18.2 Å². The molecule has 30 heavy (non-hydrogen) atoms. The molecule has 0 aliphatic carbocycles. The lowest BCUT2D eigenvalue weighted by Crippen LogP contribution is -2.15. The lowest BCUT2D eigenvalue weighted by Gasteiger charge is -2.07. The number of benzene rings is 2. The highest BCUT2D eigenvalue weighted by atomic mass is 16.5. The number of aromatic nitrogens is 3. The Morgan fingerprint density at radius 2 is 1.73 bits per heavy atom. The van der Waals surface area contributed by atoms with E-state index in [9.17, 15) is 4.79 Å². The molecule has 2 aromatic carbocycles. The van der Waals surface area contributed by atoms with Crippen LogP contribution in [-0.4, -0.2) is 48.1 Å². The van der Waals surface area contributed by atoms with Crippen LogP contribution in [0.5, 0.6) is 11.8 Å². The number of aryl methyl sites for hydroxylation is 1. The average Bonchev–Trinajstić information content (AvgIpc) is 3.22. The smallest absolute Gasteiger partial charge is 0.336 e. The summed E-state index contributed by atoms with van der Waals surface area (Å²) in [6.07, 6.45) is 3.26. The number of hydrogen-bond donors (Lipinski definition) is 0. The van der Waals surface area contributed by atoms with Crippen LogP contribution in [0.3, 0.4) is 0 Å². The Kier molecular flexibility index (Phi) is 7.57. The minimum Gasteiger partial charge on any atom is -0.497 e. The zero-order valence-corrected chi connectivity index (χ0v) is 17.6. The number of carbonyl (C=O) groups is 1. The number of carbonyl (C=O) groups excluding carboxylic acids is 1. The summed E-state index contributed by atoms with van der Waals surface area (Å²) in [5, 5.41) is 4.30. The summed E-state index contributed by atoms with van der Waals surface area (Å²) in [4.78, 5) is 17.6. The molecule has 0 amide bonds. The first-order valence-corrected chi connectivity index (χ1v) is 10.0. The second-order valence-electron chi connectivity index (χ2n) is 6.81. The first kappa shape index (κ1) is 21.5. The van der Waals surface area contributed by atoms with Gasteiger partial charge in [-0.25, -0.2) is 0 Å². The van der Waals surface area contributed by atoms with Gasteiger partial charge in [-0.05, 0) is 54.8 Å². The Bertz CT molecular complexity index is 950. The Labute approximate surface area is 176 Å². The number of methoxy groups -OCH3 is 2. The Morgan fingerprint density at radius 1 is 1.00 bits per heavy atom. The third kappa shape index (κ3) is 5.24. The van der Waals surface area contributed by atoms with Gasteiger partial charge in [0.15, 0.2) is 5.82 Å². The van der Waals surface area contributed by atoms with Crippen molar-refractivity contribution in [2.24, 2.45) is 0 Å². The summed E-state index contributed by atoms with van der Waals surface area (Å²) in [7, 11) is 3.19. The van der Waals surface area contributed by atoms with Crippen molar-refractivity contribution in [3.63, 3.8) is 0 Å². The van der Waals surface area contributed by atoms with E-state index in [1.54, 1.807) is 14.2 Å². The maximum atomic E-state index is 13.2. The summed E-state index contributed by atoms with van der Waals surface area (Å²) < 4.78 is 17.0. The summed E-state index contributed by atoms with van der Waals surface area (Å²) in [6.45, 7) is 2.86. The van der Waals surface area contributed by atoms with Crippen LogP contribution in [0.25, 0.3) is 11.4 Å². The van der Waals surface area contributed by atoms with Gasteiger partial charge in [-0.15, -0.1) is 5.10 Å². The zero-order valence-electron chi connectivity index (χ0n) is 17.6. The van der Waals surface area contributed by atoms with Gasteiger partial charge in [0.05, 0.1) is 13.7 Å². The van der Waals surface area contributed by atoms with Gasteiger partial charge < -0.3 is 14.2 Å². The lowest BCUT2D eigenvalue weighted by atomic mass is 10.1. The Morgan fingerprint density at radius 3 is 2.37 bits per heavy atom. The van der Waals surface area contributed by atoms with Crippen LogP contribution >= 0.6 is 0 Å². The maximum Gasteiger partial charge on any atom is 0.336 e. The number of rotatable bonds is 10. The summed E-state index contributed by atoms with van der Waals surface area (Å²) in [5.41, 5.74) is 2.49. The van der Waals surface area contributed by atoms with E-state index < -0.39 is 0 Å². The molecule has 0 atom stereocenters. The molecule has 0 saturated carbocycles. The van der Waals surface area contributed by atoms with Gasteiger partial charge in [-0.1, -0.05) is 25.5 Å². The minimum absolute atomic E-state index is 0.130. The van der Waals surface area contributed by atoms with Gasteiger partial charge in [0.25, 0.3) is 5.91 Å². The van der Waals surface area contributed by atoms with E-state index in [1.165, 1.54) is 10.2 Å². The third-order valence-corrected chi connectivity index (χ3v) is 4.67. The minimum atomic E-state index is -0.267. The fraction of sp³-hybridized carbons (Fsp3) is 0.348. The quantitative estimate of drug-likeness (QED) is 0.471. The van der Waals surface area contributed by atoms with Crippen LogP contribution < -0.4 is 9.47 Å². The molecule has 0 aliphatic heterocycles. The topological polar surface area (TPSA) is 75.5 Å². The molecule has 1 heterocycles. The van der Waals surface area contributed by atoms with E-state index in [0.29, 0.717) is 24.6 Å². The molecule has 7 nitrogen and oxygen atoms in total. The van der Waals surface area contributed by atoms with Gasteiger partial charge in [-0.2, -0.15) is 9.67 Å². The molecule has 3 rings (SSSR count). The molecule has 0 spiro atoms. The zero-order chi connectivity index (χ0) is 21.3. The molecule has 0 radical (unpaired) electrons. The molecule has 0 saturated heterocycles. The van der Waals surface area contributed by atoms with Crippen molar-refractivity contribution in [1.29, 1.82) is 0 Å². The summed E-state index contributed by atoms with van der Waals surface area (Å²) in [5.74, 6) is 0.859. The fourth-order valence-electron chi connectivity index (χ4n) is 2.96. The normalized spacial score (nSPS) is 10.8. The maximum absolute atomic E-state index is 13.2. The van der Waals surface area contributed by atoms with Crippen LogP contribution in [0.2, 0.25) is 0 Å². The van der Waals surface area contributed by atoms with Gasteiger partial charge in [-0.3, -0.25) is 4.79 Å². The molecule has 7 heteroatoms. The van der Waals surface area contributed by atoms with Crippen LogP contribution in [-0.2, 0) is 11.2 Å². The second kappa shape index (κ2) is 10.5. The monoisotopic (exact) mass is 409 g/mol. The predicted octanol–water partition coefficient (Wildman–Crippen LogP) is 4.01. The van der Waals surface area contributed by atoms with Gasteiger partial charge in [0.2, 0.25) is 0 Å². The Balaban J connectivity index is 1.91. The molecule has 0 aliphatic rings. The van der Waals surface area contributed by atoms with Crippen molar-refractivity contribution in [3.8, 4) is 23.1 Å². The number of hydrogen-bond acceptors (Lipinski definition) is 6. The SMILES string of the molecule is CCCCc1ccc(C(=O)n2nc(OCCOC)nc2-c2ccc(OC)cc2)cc1. The van der Waals surface area contributed by atoms with Crippen molar-refractivity contribution in [1.82, 2.24) is 14.8 Å². The molecule has 158 valence electrons. The van der Waals surface area contributed by atoms with E-state index in [4.69, 9.17) is 14.2 Å². The third-order valence-electron chi connectivity index (χ3n) is 4.67. The average molecular weight is 409 g/mol. The van der Waals surface area contributed by atoms with Crippen LogP contribution in [0.4, 0.5) is 0 Å². The van der Waals surface area contributed by atoms with E-state index in [0.717, 1.165) is 30.6 Å². The van der Waals surface area contributed by atoms with E-state index in [2.05, 4.69) is 17.0 Å². The molecule has 3 aromatic rings. The molecular weight excluding hydrogens is 382 g/mol. The number of ether oxygens (including phenoxy) is 3. The molecule has 1 aromatic heterocycles.